The van der Waals surface area contributed by atoms with Crippen LogP contribution in [-0.4, -0.2) is 16.3 Å². The van der Waals surface area contributed by atoms with Crippen molar-refractivity contribution in [3.05, 3.63) is 35.2 Å². The normalized spacial score (nSPS) is 14.7. The van der Waals surface area contributed by atoms with E-state index in [2.05, 4.69) is 0 Å². The van der Waals surface area contributed by atoms with Crippen molar-refractivity contribution in [2.24, 2.45) is 0 Å². The van der Waals surface area contributed by atoms with Gasteiger partial charge in [-0.25, -0.2) is 0 Å². The largest absolute Gasteiger partial charge is 0.385 e. The van der Waals surface area contributed by atoms with Crippen LogP contribution in [0.1, 0.15) is 11.7 Å². The third kappa shape index (κ3) is 1.85. The van der Waals surface area contributed by atoms with Gasteiger partial charge in [0.2, 0.25) is 0 Å². The van der Waals surface area contributed by atoms with E-state index in [0.29, 0.717) is 5.56 Å². The molecular weight excluding hydrogens is 210 g/mol. The third-order valence-corrected chi connectivity index (χ3v) is 3.15. The van der Waals surface area contributed by atoms with Gasteiger partial charge in [-0.05, 0) is 34.5 Å². The van der Waals surface area contributed by atoms with Crippen molar-refractivity contribution in [3.63, 3.8) is 0 Å². The first-order chi connectivity index (χ1) is 7.22. The summed E-state index contributed by atoms with van der Waals surface area (Å²) < 4.78 is 1.12. The van der Waals surface area contributed by atoms with E-state index >= 15 is 0 Å². The van der Waals surface area contributed by atoms with Gasteiger partial charge in [-0.3, -0.25) is 0 Å². The summed E-state index contributed by atoms with van der Waals surface area (Å²) in [5.41, 5.74) is 0.565. The van der Waals surface area contributed by atoms with Gasteiger partial charge in [0.05, 0.1) is 6.07 Å². The number of benzene rings is 1. The van der Waals surface area contributed by atoms with Crippen molar-refractivity contribution >= 4 is 21.4 Å². The molecule has 3 nitrogen and oxygen atoms in total. The number of fused-ring (bicyclic) bond motifs is 1. The van der Waals surface area contributed by atoms with Gasteiger partial charge in [-0.2, -0.15) is 5.26 Å². The lowest BCUT2D eigenvalue weighted by Gasteiger charge is -2.11. The van der Waals surface area contributed by atoms with Crippen molar-refractivity contribution in [1.29, 1.82) is 5.26 Å². The third-order valence-electron chi connectivity index (χ3n) is 2.25. The van der Waals surface area contributed by atoms with E-state index in [9.17, 15) is 10.2 Å². The average Bonchev–Trinajstić information content (AvgIpc) is 2.73. The maximum atomic E-state index is 9.62. The highest BCUT2D eigenvalue weighted by atomic mass is 32.1. The van der Waals surface area contributed by atoms with Crippen LogP contribution in [0.25, 0.3) is 10.1 Å². The van der Waals surface area contributed by atoms with Gasteiger partial charge in [0.15, 0.2) is 6.10 Å². The van der Waals surface area contributed by atoms with Gasteiger partial charge in [-0.1, -0.05) is 6.07 Å². The first kappa shape index (κ1) is 10.1. The molecule has 1 aromatic heterocycles. The van der Waals surface area contributed by atoms with Crippen molar-refractivity contribution < 1.29 is 10.2 Å². The van der Waals surface area contributed by atoms with Crippen LogP contribution in [0.5, 0.6) is 0 Å². The molecule has 0 radical (unpaired) electrons. The fourth-order valence-corrected chi connectivity index (χ4v) is 2.19. The number of nitrogens with zero attached hydrogens (tertiary/aromatic N) is 1. The molecule has 2 unspecified atom stereocenters. The van der Waals surface area contributed by atoms with Crippen molar-refractivity contribution in [1.82, 2.24) is 0 Å². The molecule has 0 spiro atoms. The first-order valence-corrected chi connectivity index (χ1v) is 5.33. The number of aliphatic hydroxyl groups excluding tert-OH is 2. The molecule has 2 atom stereocenters. The minimum absolute atomic E-state index is 0.565. The summed E-state index contributed by atoms with van der Waals surface area (Å²) in [5, 5.41) is 30.3. The molecule has 4 heteroatoms. The molecule has 76 valence electrons. The van der Waals surface area contributed by atoms with Crippen LogP contribution in [-0.2, 0) is 0 Å². The van der Waals surface area contributed by atoms with E-state index in [1.807, 2.05) is 17.5 Å². The van der Waals surface area contributed by atoms with Crippen LogP contribution < -0.4 is 0 Å². The molecule has 2 N–H and O–H groups in total. The highest BCUT2D eigenvalue weighted by Gasteiger charge is 2.17. The van der Waals surface area contributed by atoms with Gasteiger partial charge >= 0.3 is 0 Å². The quantitative estimate of drug-likeness (QED) is 0.757. The average molecular weight is 219 g/mol. The van der Waals surface area contributed by atoms with Gasteiger partial charge in [-0.15, -0.1) is 11.3 Å². The van der Waals surface area contributed by atoms with Gasteiger partial charge in [0.1, 0.15) is 6.10 Å². The van der Waals surface area contributed by atoms with E-state index in [0.717, 1.165) is 10.1 Å². The molecular formula is C11H9NO2S. The lowest BCUT2D eigenvalue weighted by molar-refractivity contribution is 0.0529. The summed E-state index contributed by atoms with van der Waals surface area (Å²) in [6, 6.07) is 8.95. The fraction of sp³-hybridized carbons (Fsp3) is 0.182. The molecule has 0 fully saturated rings. The van der Waals surface area contributed by atoms with E-state index in [1.54, 1.807) is 29.5 Å². The number of rotatable bonds is 2. The molecule has 1 aromatic carbocycles. The zero-order valence-electron chi connectivity index (χ0n) is 7.79. The van der Waals surface area contributed by atoms with Crippen LogP contribution >= 0.6 is 11.3 Å². The Labute approximate surface area is 90.8 Å². The lowest BCUT2D eigenvalue weighted by atomic mass is 10.0. The van der Waals surface area contributed by atoms with E-state index < -0.39 is 12.2 Å². The number of thiophene rings is 1. The Morgan fingerprint density at radius 2 is 2.07 bits per heavy atom. The number of nitriles is 1. The summed E-state index contributed by atoms with van der Waals surface area (Å²) in [6.07, 6.45) is -2.51. The highest BCUT2D eigenvalue weighted by molar-refractivity contribution is 7.17. The van der Waals surface area contributed by atoms with Gasteiger partial charge in [0.25, 0.3) is 0 Å². The summed E-state index contributed by atoms with van der Waals surface area (Å²) in [6.45, 7) is 0. The topological polar surface area (TPSA) is 64.2 Å². The maximum absolute atomic E-state index is 9.62. The second-order valence-electron chi connectivity index (χ2n) is 3.24. The standard InChI is InChI=1S/C11H9NO2S/c12-6-9(13)11(14)8-1-2-10-7(5-8)3-4-15-10/h1-5,9,11,13-14H. The van der Waals surface area contributed by atoms with Crippen molar-refractivity contribution in [2.45, 2.75) is 12.2 Å². The number of hydrogen-bond acceptors (Lipinski definition) is 4. The van der Waals surface area contributed by atoms with Gasteiger partial charge in [0, 0.05) is 4.70 Å². The first-order valence-electron chi connectivity index (χ1n) is 4.45. The minimum Gasteiger partial charge on any atom is -0.385 e. The Balaban J connectivity index is 2.40. The maximum Gasteiger partial charge on any atom is 0.170 e. The second kappa shape index (κ2) is 3.99. The Morgan fingerprint density at radius 1 is 1.27 bits per heavy atom. The Hall–Kier alpha value is -1.41. The van der Waals surface area contributed by atoms with E-state index in [4.69, 9.17) is 5.26 Å². The summed E-state index contributed by atoms with van der Waals surface area (Å²) >= 11 is 1.61. The Kier molecular flexibility index (Phi) is 2.69. The molecule has 0 aliphatic carbocycles. The van der Waals surface area contributed by atoms with Crippen LogP contribution in [0.2, 0.25) is 0 Å². The molecule has 0 saturated carbocycles. The van der Waals surface area contributed by atoms with Crippen LogP contribution in [0, 0.1) is 11.3 Å². The predicted molar refractivity (Wildman–Crippen MR) is 58.4 cm³/mol. The van der Waals surface area contributed by atoms with Crippen LogP contribution in [0.4, 0.5) is 0 Å². The molecule has 0 amide bonds. The van der Waals surface area contributed by atoms with E-state index in [1.165, 1.54) is 0 Å². The summed E-state index contributed by atoms with van der Waals surface area (Å²) in [4.78, 5) is 0. The Morgan fingerprint density at radius 3 is 2.80 bits per heavy atom. The number of hydrogen-bond donors (Lipinski definition) is 2. The number of aliphatic hydroxyl groups is 2. The molecule has 0 aliphatic heterocycles. The second-order valence-corrected chi connectivity index (χ2v) is 4.18. The van der Waals surface area contributed by atoms with Crippen molar-refractivity contribution in [2.75, 3.05) is 0 Å². The van der Waals surface area contributed by atoms with Gasteiger partial charge < -0.3 is 10.2 Å². The zero-order valence-corrected chi connectivity index (χ0v) is 8.61. The Bertz CT molecular complexity index is 515. The zero-order chi connectivity index (χ0) is 10.8. The lowest BCUT2D eigenvalue weighted by Crippen LogP contribution is -2.15. The van der Waals surface area contributed by atoms with Crippen LogP contribution in [0.3, 0.4) is 0 Å². The molecule has 0 aliphatic rings. The summed E-state index contributed by atoms with van der Waals surface area (Å²) in [7, 11) is 0. The van der Waals surface area contributed by atoms with E-state index in [-0.39, 0.29) is 0 Å². The fourth-order valence-electron chi connectivity index (χ4n) is 1.42. The van der Waals surface area contributed by atoms with Crippen molar-refractivity contribution in [3.8, 4) is 6.07 Å². The molecule has 0 saturated heterocycles. The molecule has 15 heavy (non-hydrogen) atoms. The smallest absolute Gasteiger partial charge is 0.170 e. The molecule has 0 bridgehead atoms. The monoisotopic (exact) mass is 219 g/mol. The highest BCUT2D eigenvalue weighted by Crippen LogP contribution is 2.25. The minimum atomic E-state index is -1.37. The SMILES string of the molecule is N#CC(O)C(O)c1ccc2sccc2c1. The molecule has 2 rings (SSSR count). The summed E-state index contributed by atoms with van der Waals surface area (Å²) in [5.74, 6) is 0. The predicted octanol–water partition coefficient (Wildman–Crippen LogP) is 1.82. The molecule has 2 aromatic rings. The van der Waals surface area contributed by atoms with Crippen LogP contribution in [0.15, 0.2) is 29.6 Å². The molecule has 1 heterocycles.